The Kier molecular flexibility index (Phi) is 11.2. The van der Waals surface area contributed by atoms with Crippen molar-refractivity contribution in [1.29, 1.82) is 0 Å². The van der Waals surface area contributed by atoms with Gasteiger partial charge in [-0.1, -0.05) is 18.2 Å². The number of para-hydroxylation sites is 1. The fourth-order valence-electron chi connectivity index (χ4n) is 5.02. The average Bonchev–Trinajstić information content (AvgIpc) is 3.80. The number of carboxylic acid groups (broad SMARTS) is 1. The first kappa shape index (κ1) is 33.7. The molecular weight excluding hydrogens is 602 g/mol. The molecule has 46 heavy (non-hydrogen) atoms. The summed E-state index contributed by atoms with van der Waals surface area (Å²) < 4.78 is 12.3. The molecule has 0 radical (unpaired) electrons. The molecule has 1 aromatic carbocycles. The van der Waals surface area contributed by atoms with Crippen LogP contribution < -0.4 is 15.8 Å². The summed E-state index contributed by atoms with van der Waals surface area (Å²) in [6.07, 6.45) is -0.603. The zero-order chi connectivity index (χ0) is 33.4. The van der Waals surface area contributed by atoms with E-state index in [-0.39, 0.29) is 69.8 Å². The van der Waals surface area contributed by atoms with Crippen LogP contribution in [0.3, 0.4) is 0 Å². The molecular formula is C30H39N7O9. The Balaban J connectivity index is 1.52. The lowest BCUT2D eigenvalue weighted by atomic mass is 10.1. The Morgan fingerprint density at radius 3 is 2.30 bits per heavy atom. The third-order valence-corrected chi connectivity index (χ3v) is 7.52. The standard InChI is InChI=1S/C30H39N7O9/c1-3-45-30(44)35-15-13-34(14-16-35)29(43)22(11-12-26(39)40)32-27(41)23-17-25(37(33-23)21-7-5-4-6-8-21)46-19(2)28(42)36(18-24(31)38)20-9-10-20/h4-8,17,19-20,22H,3,9-16,18H2,1-2H3,(H2,31,38)(H,32,41)(H,39,40)/t19?,22-/m0/s1. The van der Waals surface area contributed by atoms with Crippen LogP contribution in [0.1, 0.15) is 50.0 Å². The molecule has 2 atom stereocenters. The third kappa shape index (κ3) is 8.73. The molecule has 2 heterocycles. The topological polar surface area (TPSA) is 207 Å². The number of amides is 5. The summed E-state index contributed by atoms with van der Waals surface area (Å²) in [4.78, 5) is 79.5. The van der Waals surface area contributed by atoms with Gasteiger partial charge in [-0.15, -0.1) is 0 Å². The maximum Gasteiger partial charge on any atom is 0.409 e. The van der Waals surface area contributed by atoms with Crippen LogP contribution in [0.2, 0.25) is 0 Å². The van der Waals surface area contributed by atoms with Crippen molar-refractivity contribution in [3.63, 3.8) is 0 Å². The van der Waals surface area contributed by atoms with Gasteiger partial charge in [0.2, 0.25) is 17.7 Å². The lowest BCUT2D eigenvalue weighted by molar-refractivity contribution is -0.141. The number of piperazine rings is 1. The minimum atomic E-state index is -1.19. The summed E-state index contributed by atoms with van der Waals surface area (Å²) >= 11 is 0. The molecule has 1 saturated heterocycles. The van der Waals surface area contributed by atoms with Gasteiger partial charge in [-0.05, 0) is 45.2 Å². The highest BCUT2D eigenvalue weighted by Gasteiger charge is 2.37. The first-order chi connectivity index (χ1) is 22.0. The maximum absolute atomic E-state index is 13.5. The van der Waals surface area contributed by atoms with E-state index in [0.29, 0.717) is 5.69 Å². The first-order valence-corrected chi connectivity index (χ1v) is 15.1. The number of hydrogen-bond donors (Lipinski definition) is 3. The van der Waals surface area contributed by atoms with Gasteiger partial charge in [-0.25, -0.2) is 9.48 Å². The summed E-state index contributed by atoms with van der Waals surface area (Å²) in [6, 6.07) is 8.75. The molecule has 2 fully saturated rings. The lowest BCUT2D eigenvalue weighted by Crippen LogP contribution is -2.56. The zero-order valence-corrected chi connectivity index (χ0v) is 25.8. The number of nitrogens with two attached hydrogens (primary N) is 1. The molecule has 1 saturated carbocycles. The maximum atomic E-state index is 13.5. The van der Waals surface area contributed by atoms with E-state index in [1.54, 1.807) is 37.3 Å². The molecule has 2 aromatic rings. The first-order valence-electron chi connectivity index (χ1n) is 15.1. The van der Waals surface area contributed by atoms with E-state index in [2.05, 4.69) is 10.4 Å². The second-order valence-corrected chi connectivity index (χ2v) is 11.0. The van der Waals surface area contributed by atoms with Crippen molar-refractivity contribution >= 4 is 35.7 Å². The van der Waals surface area contributed by atoms with Crippen molar-refractivity contribution in [3.8, 4) is 11.6 Å². The van der Waals surface area contributed by atoms with Crippen LogP contribution in [0, 0.1) is 0 Å². The van der Waals surface area contributed by atoms with Crippen LogP contribution in [0.15, 0.2) is 36.4 Å². The van der Waals surface area contributed by atoms with Crippen LogP contribution in [0.25, 0.3) is 5.69 Å². The van der Waals surface area contributed by atoms with E-state index in [1.807, 2.05) is 0 Å². The van der Waals surface area contributed by atoms with E-state index in [0.717, 1.165) is 12.8 Å². The van der Waals surface area contributed by atoms with Gasteiger partial charge in [0.05, 0.1) is 18.8 Å². The number of primary amides is 1. The third-order valence-electron chi connectivity index (χ3n) is 7.52. The summed E-state index contributed by atoms with van der Waals surface area (Å²) in [6.45, 7) is 3.99. The molecule has 0 bridgehead atoms. The van der Waals surface area contributed by atoms with E-state index < -0.39 is 47.8 Å². The SMILES string of the molecule is CCOC(=O)N1CCN(C(=O)[C@H](CCC(=O)O)NC(=O)c2cc(OC(C)C(=O)N(CC(N)=O)C3CC3)n(-c3ccccc3)n2)CC1. The molecule has 4 N–H and O–H groups in total. The second kappa shape index (κ2) is 15.2. The number of carbonyl (C=O) groups excluding carboxylic acids is 5. The fourth-order valence-corrected chi connectivity index (χ4v) is 5.02. The number of carbonyl (C=O) groups is 6. The van der Waals surface area contributed by atoms with Crippen molar-refractivity contribution < 1.29 is 43.3 Å². The molecule has 16 heteroatoms. The highest BCUT2D eigenvalue weighted by Crippen LogP contribution is 2.28. The van der Waals surface area contributed by atoms with Crippen LogP contribution in [0.4, 0.5) is 4.79 Å². The van der Waals surface area contributed by atoms with Gasteiger partial charge in [-0.3, -0.25) is 24.0 Å². The molecule has 1 unspecified atom stereocenters. The Hall–Kier alpha value is -5.15. The number of nitrogens with one attached hydrogen (secondary N) is 1. The molecule has 248 valence electrons. The van der Waals surface area contributed by atoms with Gasteiger partial charge in [0, 0.05) is 44.7 Å². The normalized spacial score (nSPS) is 15.8. The molecule has 2 aliphatic rings. The van der Waals surface area contributed by atoms with E-state index in [1.165, 1.54) is 32.4 Å². The molecule has 16 nitrogen and oxygen atoms in total. The average molecular weight is 642 g/mol. The zero-order valence-electron chi connectivity index (χ0n) is 25.8. The van der Waals surface area contributed by atoms with E-state index in [4.69, 9.17) is 15.2 Å². The second-order valence-electron chi connectivity index (χ2n) is 11.0. The van der Waals surface area contributed by atoms with Crippen molar-refractivity contribution in [2.24, 2.45) is 5.73 Å². The number of aliphatic carboxylic acids is 1. The summed E-state index contributed by atoms with van der Waals surface area (Å²) in [7, 11) is 0. The highest BCUT2D eigenvalue weighted by molar-refractivity contribution is 5.96. The number of aromatic nitrogens is 2. The van der Waals surface area contributed by atoms with E-state index in [9.17, 15) is 33.9 Å². The van der Waals surface area contributed by atoms with Crippen molar-refractivity contribution in [2.75, 3.05) is 39.3 Å². The van der Waals surface area contributed by atoms with Gasteiger partial charge in [0.25, 0.3) is 11.8 Å². The highest BCUT2D eigenvalue weighted by atomic mass is 16.6. The number of hydrogen-bond acceptors (Lipinski definition) is 9. The van der Waals surface area contributed by atoms with Crippen LogP contribution >= 0.6 is 0 Å². The number of carboxylic acids is 1. The van der Waals surface area contributed by atoms with Crippen LogP contribution in [-0.4, -0.2) is 123 Å². The van der Waals surface area contributed by atoms with Crippen LogP contribution in [0.5, 0.6) is 5.88 Å². The molecule has 1 aliphatic heterocycles. The van der Waals surface area contributed by atoms with E-state index >= 15 is 0 Å². The Labute approximate surface area is 265 Å². The van der Waals surface area contributed by atoms with Gasteiger partial charge < -0.3 is 40.3 Å². The molecule has 0 spiro atoms. The smallest absolute Gasteiger partial charge is 0.409 e. The van der Waals surface area contributed by atoms with Gasteiger partial charge in [-0.2, -0.15) is 5.10 Å². The van der Waals surface area contributed by atoms with Crippen molar-refractivity contribution in [3.05, 3.63) is 42.1 Å². The summed E-state index contributed by atoms with van der Waals surface area (Å²) in [5.74, 6) is -3.44. The number of nitrogens with zero attached hydrogens (tertiary/aromatic N) is 5. The predicted octanol–water partition coefficient (Wildman–Crippen LogP) is 0.380. The fraction of sp³-hybridized carbons (Fsp3) is 0.500. The quantitative estimate of drug-likeness (QED) is 0.258. The molecule has 4 rings (SSSR count). The Bertz CT molecular complexity index is 1440. The van der Waals surface area contributed by atoms with Gasteiger partial charge in [0.1, 0.15) is 6.04 Å². The number of benzene rings is 1. The monoisotopic (exact) mass is 641 g/mol. The van der Waals surface area contributed by atoms with Crippen molar-refractivity contribution in [1.82, 2.24) is 29.8 Å². The Morgan fingerprint density at radius 2 is 1.72 bits per heavy atom. The number of rotatable bonds is 14. The molecule has 1 aliphatic carbocycles. The minimum absolute atomic E-state index is 0.0514. The van der Waals surface area contributed by atoms with Crippen molar-refractivity contribution in [2.45, 2.75) is 57.7 Å². The Morgan fingerprint density at radius 1 is 1.07 bits per heavy atom. The predicted molar refractivity (Wildman–Crippen MR) is 161 cm³/mol. The minimum Gasteiger partial charge on any atom is -0.481 e. The van der Waals surface area contributed by atoms with Gasteiger partial charge >= 0.3 is 12.1 Å². The van der Waals surface area contributed by atoms with Gasteiger partial charge in [0.15, 0.2) is 11.8 Å². The summed E-state index contributed by atoms with van der Waals surface area (Å²) in [5.41, 5.74) is 5.72. The number of ether oxygens (including phenoxy) is 2. The lowest BCUT2D eigenvalue weighted by Gasteiger charge is -2.35. The summed E-state index contributed by atoms with van der Waals surface area (Å²) in [5, 5.41) is 16.3. The molecule has 5 amide bonds. The largest absolute Gasteiger partial charge is 0.481 e. The van der Waals surface area contributed by atoms with Crippen LogP contribution in [-0.2, 0) is 23.9 Å². The molecule has 1 aromatic heterocycles.